The molecule has 16 heteroatoms. The van der Waals surface area contributed by atoms with Crippen molar-refractivity contribution in [2.45, 2.75) is 28.8 Å². The summed E-state index contributed by atoms with van der Waals surface area (Å²) in [5.74, 6) is 0.430. The van der Waals surface area contributed by atoms with E-state index in [2.05, 4.69) is 29.8 Å². The molecule has 0 amide bonds. The molecule has 5 aromatic carbocycles. The fourth-order valence-corrected chi connectivity index (χ4v) is 9.18. The minimum absolute atomic E-state index is 0.0597. The molecule has 0 unspecified atom stereocenters. The van der Waals surface area contributed by atoms with Crippen LogP contribution in [0.1, 0.15) is 12.0 Å². The molecule has 0 saturated carbocycles. The fourth-order valence-electron chi connectivity index (χ4n) is 7.02. The van der Waals surface area contributed by atoms with Gasteiger partial charge in [0, 0.05) is 71.6 Å². The average molecular weight is 855 g/mol. The Bertz CT molecular complexity index is 2530. The van der Waals surface area contributed by atoms with E-state index in [0.29, 0.717) is 47.7 Å². The molecule has 0 bridgehead atoms. The number of sulfonamides is 1. The number of nitrogens with one attached hydrogen (secondary N) is 2. The number of benzene rings is 5. The summed E-state index contributed by atoms with van der Waals surface area (Å²) in [5.41, 5.74) is 4.19. The van der Waals surface area contributed by atoms with Gasteiger partial charge < -0.3 is 15.1 Å². The number of fused-ring (bicyclic) bond motifs is 1. The first-order valence-electron chi connectivity index (χ1n) is 19.1. The maximum Gasteiger partial charge on any atom is 0.293 e. The third-order valence-corrected chi connectivity index (χ3v) is 12.9. The van der Waals surface area contributed by atoms with Gasteiger partial charge in [-0.1, -0.05) is 48.0 Å². The number of halogens is 2. The summed E-state index contributed by atoms with van der Waals surface area (Å²) < 4.78 is 44.4. The summed E-state index contributed by atoms with van der Waals surface area (Å²) in [6.45, 7) is 4.26. The normalized spacial score (nSPS) is 14.1. The summed E-state index contributed by atoms with van der Waals surface area (Å²) in [6, 6.07) is 31.7. The average Bonchev–Trinajstić information content (AvgIpc) is 3.22. The lowest BCUT2D eigenvalue weighted by atomic mass is 9.99. The van der Waals surface area contributed by atoms with Crippen molar-refractivity contribution in [3.8, 4) is 11.1 Å². The number of nitro benzene ring substituents is 1. The predicted octanol–water partition coefficient (Wildman–Crippen LogP) is 8.65. The van der Waals surface area contributed by atoms with Crippen LogP contribution in [0.15, 0.2) is 125 Å². The fraction of sp³-hybridized carbons (Fsp3) is 0.256. The number of aromatic nitrogens is 2. The number of nitrogens with zero attached hydrogens (tertiary/aromatic N) is 6. The van der Waals surface area contributed by atoms with Crippen LogP contribution in [-0.2, 0) is 16.6 Å². The zero-order valence-electron chi connectivity index (χ0n) is 32.6. The second-order valence-electron chi connectivity index (χ2n) is 14.6. The van der Waals surface area contributed by atoms with Crippen molar-refractivity contribution in [3.63, 3.8) is 0 Å². The topological polar surface area (TPSA) is 137 Å². The standard InChI is InChI=1S/C43H44ClFN8O4S2/c1-50(2)19-18-34(28-58-36-6-4-3-5-7-36)48-40-17-14-37(26-42(40)53(54)55)59(56,57)49-43-39-16-13-35(25-41(39)46-29-47-43)52-22-20-51(21-23-52)27-31-24-33(45)12-15-38(31)30-8-10-32(44)11-9-30/h3-17,24-26,29,34,48H,18-23,27-28H2,1-2H3,(H,46,47,49)/t34-/m1/s1. The van der Waals surface area contributed by atoms with Gasteiger partial charge in [0.2, 0.25) is 0 Å². The van der Waals surface area contributed by atoms with E-state index in [1.807, 2.05) is 91.8 Å². The van der Waals surface area contributed by atoms with Crippen molar-refractivity contribution in [3.05, 3.63) is 142 Å². The smallest absolute Gasteiger partial charge is 0.293 e. The van der Waals surface area contributed by atoms with Crippen molar-refractivity contribution >= 4 is 67.2 Å². The van der Waals surface area contributed by atoms with E-state index in [1.54, 1.807) is 23.9 Å². The maximum absolute atomic E-state index is 14.4. The lowest BCUT2D eigenvalue weighted by molar-refractivity contribution is -0.384. The van der Waals surface area contributed by atoms with E-state index >= 15 is 0 Å². The van der Waals surface area contributed by atoms with E-state index in [9.17, 15) is 22.9 Å². The minimum Gasteiger partial charge on any atom is -0.376 e. The number of piperazine rings is 1. The van der Waals surface area contributed by atoms with Crippen LogP contribution in [0.4, 0.5) is 27.3 Å². The van der Waals surface area contributed by atoms with Gasteiger partial charge in [0.25, 0.3) is 15.7 Å². The number of hydrogen-bond donors (Lipinski definition) is 2. The third kappa shape index (κ3) is 10.7. The van der Waals surface area contributed by atoms with E-state index in [4.69, 9.17) is 11.6 Å². The first-order valence-corrected chi connectivity index (χ1v) is 21.9. The Morgan fingerprint density at radius 3 is 2.42 bits per heavy atom. The molecule has 59 heavy (non-hydrogen) atoms. The highest BCUT2D eigenvalue weighted by Gasteiger charge is 2.25. The quantitative estimate of drug-likeness (QED) is 0.0550. The van der Waals surface area contributed by atoms with Gasteiger partial charge in [-0.3, -0.25) is 19.7 Å². The van der Waals surface area contributed by atoms with Crippen molar-refractivity contribution in [2.75, 3.05) is 67.5 Å². The van der Waals surface area contributed by atoms with Crippen LogP contribution < -0.4 is 14.9 Å². The van der Waals surface area contributed by atoms with Gasteiger partial charge in [-0.15, -0.1) is 11.8 Å². The summed E-state index contributed by atoms with van der Waals surface area (Å²) >= 11 is 7.75. The zero-order chi connectivity index (χ0) is 41.5. The van der Waals surface area contributed by atoms with Gasteiger partial charge in [0.1, 0.15) is 17.8 Å². The van der Waals surface area contributed by atoms with E-state index in [-0.39, 0.29) is 33.9 Å². The Kier molecular flexibility index (Phi) is 13.3. The van der Waals surface area contributed by atoms with Crippen LogP contribution in [0, 0.1) is 15.9 Å². The Labute approximate surface area is 352 Å². The molecule has 6 aromatic rings. The molecule has 2 heterocycles. The summed E-state index contributed by atoms with van der Waals surface area (Å²) in [5, 5.41) is 16.7. The third-order valence-electron chi connectivity index (χ3n) is 10.2. The molecule has 0 radical (unpaired) electrons. The number of hydrogen-bond acceptors (Lipinski definition) is 11. The van der Waals surface area contributed by atoms with Crippen molar-refractivity contribution in [1.82, 2.24) is 19.8 Å². The largest absolute Gasteiger partial charge is 0.376 e. The van der Waals surface area contributed by atoms with Crippen LogP contribution in [-0.4, -0.2) is 91.7 Å². The molecule has 1 fully saturated rings. The summed E-state index contributed by atoms with van der Waals surface area (Å²) in [6.07, 6.45) is 2.00. The van der Waals surface area contributed by atoms with E-state index < -0.39 is 14.9 Å². The molecular formula is C43H44ClFN8O4S2. The lowest BCUT2D eigenvalue weighted by Gasteiger charge is -2.36. The Balaban J connectivity index is 1.03. The second-order valence-corrected chi connectivity index (χ2v) is 17.8. The van der Waals surface area contributed by atoms with Crippen molar-refractivity contribution in [2.24, 2.45) is 0 Å². The van der Waals surface area contributed by atoms with Gasteiger partial charge in [0.05, 0.1) is 15.3 Å². The number of rotatable bonds is 16. The minimum atomic E-state index is -4.29. The number of nitro groups is 1. The monoisotopic (exact) mass is 854 g/mol. The summed E-state index contributed by atoms with van der Waals surface area (Å²) in [7, 11) is -0.354. The van der Waals surface area contributed by atoms with Gasteiger partial charge in [-0.05, 0) is 110 Å². The number of anilines is 3. The van der Waals surface area contributed by atoms with Crippen molar-refractivity contribution < 1.29 is 17.7 Å². The molecule has 0 spiro atoms. The molecule has 0 aliphatic carbocycles. The molecule has 306 valence electrons. The SMILES string of the molecule is CN(C)CC[C@H](CSc1ccccc1)Nc1ccc(S(=O)(=O)Nc2ncnc3cc(N4CCN(Cc5cc(F)ccc5-c5ccc(Cl)cc5)CC4)ccc23)cc1[N+](=O)[O-]. The second kappa shape index (κ2) is 18.7. The zero-order valence-corrected chi connectivity index (χ0v) is 35.0. The molecule has 1 aliphatic heterocycles. The van der Waals surface area contributed by atoms with Crippen LogP contribution in [0.25, 0.3) is 22.0 Å². The Hall–Kier alpha value is -5.32. The number of thioether (sulfide) groups is 1. The first kappa shape index (κ1) is 41.8. The lowest BCUT2D eigenvalue weighted by Crippen LogP contribution is -2.46. The van der Waals surface area contributed by atoms with Gasteiger partial charge in [-0.2, -0.15) is 0 Å². The Morgan fingerprint density at radius 2 is 1.69 bits per heavy atom. The summed E-state index contributed by atoms with van der Waals surface area (Å²) in [4.78, 5) is 27.8. The molecule has 1 atom stereocenters. The van der Waals surface area contributed by atoms with E-state index in [1.165, 1.54) is 24.5 Å². The molecule has 2 N–H and O–H groups in total. The van der Waals surface area contributed by atoms with Gasteiger partial charge in [0.15, 0.2) is 5.82 Å². The molecule has 7 rings (SSSR count). The predicted molar refractivity (Wildman–Crippen MR) is 236 cm³/mol. The highest BCUT2D eigenvalue weighted by Crippen LogP contribution is 2.33. The molecule has 1 saturated heterocycles. The van der Waals surface area contributed by atoms with Gasteiger partial charge >= 0.3 is 0 Å². The highest BCUT2D eigenvalue weighted by atomic mass is 35.5. The van der Waals surface area contributed by atoms with Crippen LogP contribution in [0.2, 0.25) is 5.02 Å². The van der Waals surface area contributed by atoms with Gasteiger partial charge in [-0.25, -0.2) is 22.8 Å². The van der Waals surface area contributed by atoms with Crippen LogP contribution in [0.3, 0.4) is 0 Å². The molecule has 12 nitrogen and oxygen atoms in total. The Morgan fingerprint density at radius 1 is 0.932 bits per heavy atom. The molecular weight excluding hydrogens is 811 g/mol. The molecule has 1 aliphatic rings. The van der Waals surface area contributed by atoms with Crippen LogP contribution in [0.5, 0.6) is 0 Å². The van der Waals surface area contributed by atoms with E-state index in [0.717, 1.165) is 53.0 Å². The van der Waals surface area contributed by atoms with Crippen molar-refractivity contribution in [1.29, 1.82) is 0 Å². The highest BCUT2D eigenvalue weighted by molar-refractivity contribution is 7.99. The van der Waals surface area contributed by atoms with Crippen LogP contribution >= 0.6 is 23.4 Å². The molecule has 1 aromatic heterocycles. The first-order chi connectivity index (χ1) is 28.4. The maximum atomic E-state index is 14.4.